The van der Waals surface area contributed by atoms with Crippen molar-refractivity contribution in [2.24, 2.45) is 0 Å². The van der Waals surface area contributed by atoms with Crippen molar-refractivity contribution in [3.63, 3.8) is 0 Å². The zero-order chi connectivity index (χ0) is 26.0. The van der Waals surface area contributed by atoms with Gasteiger partial charge in [-0.25, -0.2) is 19.0 Å². The minimum absolute atomic E-state index is 0.162. The Morgan fingerprint density at radius 2 is 1.89 bits per heavy atom. The van der Waals surface area contributed by atoms with E-state index in [4.69, 9.17) is 0 Å². The van der Waals surface area contributed by atoms with E-state index in [2.05, 4.69) is 25.9 Å². The van der Waals surface area contributed by atoms with Gasteiger partial charge in [-0.05, 0) is 31.2 Å². The fourth-order valence-corrected chi connectivity index (χ4v) is 3.70. The highest BCUT2D eigenvalue weighted by molar-refractivity contribution is 6.07. The number of alkyl halides is 3. The van der Waals surface area contributed by atoms with Crippen molar-refractivity contribution in [3.05, 3.63) is 65.9 Å². The molecule has 4 amide bonds. The monoisotopic (exact) mass is 503 g/mol. The number of carbonyl (C=O) groups excluding carboxylic acids is 2. The van der Waals surface area contributed by atoms with Crippen molar-refractivity contribution < 1.29 is 27.2 Å². The number of rotatable bonds is 5. The number of anilines is 5. The molecule has 13 heteroatoms. The number of urea groups is 2. The average Bonchev–Trinajstić information content (AvgIpc) is 2.84. The third kappa shape index (κ3) is 4.99. The molecule has 0 saturated heterocycles. The summed E-state index contributed by atoms with van der Waals surface area (Å²) < 4.78 is 53.1. The lowest BCUT2D eigenvalue weighted by atomic mass is 10.1. The van der Waals surface area contributed by atoms with Gasteiger partial charge in [0, 0.05) is 43.3 Å². The van der Waals surface area contributed by atoms with Gasteiger partial charge in [0.15, 0.2) is 0 Å². The number of amides is 4. The summed E-state index contributed by atoms with van der Waals surface area (Å²) in [6.45, 7) is 2.35. The summed E-state index contributed by atoms with van der Waals surface area (Å²) in [5, 5.41) is 7.39. The Kier molecular flexibility index (Phi) is 6.64. The Morgan fingerprint density at radius 3 is 2.58 bits per heavy atom. The van der Waals surface area contributed by atoms with E-state index in [1.54, 1.807) is 24.2 Å². The van der Waals surface area contributed by atoms with Gasteiger partial charge in [0.2, 0.25) is 0 Å². The van der Waals surface area contributed by atoms with Crippen LogP contribution in [0.1, 0.15) is 18.1 Å². The smallest absolute Gasteiger partial charge is 0.373 e. The maximum atomic E-state index is 14.5. The van der Waals surface area contributed by atoms with Gasteiger partial charge in [-0.1, -0.05) is 0 Å². The van der Waals surface area contributed by atoms with E-state index >= 15 is 0 Å². The van der Waals surface area contributed by atoms with E-state index in [1.807, 2.05) is 6.92 Å². The number of carbonyl (C=O) groups is 2. The molecule has 1 aliphatic heterocycles. The topological polar surface area (TPSA) is 102 Å². The number of pyridine rings is 2. The number of hydrogen-bond donors (Lipinski definition) is 3. The number of nitrogens with zero attached hydrogens (tertiary/aromatic N) is 4. The molecular formula is C23H21F4N7O2. The van der Waals surface area contributed by atoms with Crippen LogP contribution in [0.5, 0.6) is 0 Å². The predicted molar refractivity (Wildman–Crippen MR) is 127 cm³/mol. The summed E-state index contributed by atoms with van der Waals surface area (Å²) in [6.07, 6.45) is -1.35. The lowest BCUT2D eigenvalue weighted by Gasteiger charge is -2.36. The van der Waals surface area contributed by atoms with E-state index in [0.29, 0.717) is 36.0 Å². The molecule has 4 rings (SSSR count). The van der Waals surface area contributed by atoms with Gasteiger partial charge in [0.1, 0.15) is 11.6 Å². The molecule has 0 spiro atoms. The van der Waals surface area contributed by atoms with Gasteiger partial charge in [-0.15, -0.1) is 0 Å². The van der Waals surface area contributed by atoms with E-state index in [9.17, 15) is 27.2 Å². The highest BCUT2D eigenvalue weighted by Gasteiger charge is 2.32. The molecule has 36 heavy (non-hydrogen) atoms. The van der Waals surface area contributed by atoms with Crippen LogP contribution in [0, 0.1) is 5.82 Å². The molecule has 9 nitrogen and oxygen atoms in total. The number of nitrogens with one attached hydrogen (secondary N) is 3. The van der Waals surface area contributed by atoms with Crippen LogP contribution >= 0.6 is 0 Å². The maximum Gasteiger partial charge on any atom is 0.417 e. The molecule has 188 valence electrons. The Bertz CT molecular complexity index is 1320. The van der Waals surface area contributed by atoms with Crippen LogP contribution in [0.3, 0.4) is 0 Å². The average molecular weight is 503 g/mol. The van der Waals surface area contributed by atoms with Crippen LogP contribution in [0.4, 0.5) is 55.7 Å². The second-order valence-corrected chi connectivity index (χ2v) is 7.76. The quantitative estimate of drug-likeness (QED) is 0.411. The zero-order valence-corrected chi connectivity index (χ0v) is 19.2. The first kappa shape index (κ1) is 24.7. The molecular weight excluding hydrogens is 482 g/mol. The van der Waals surface area contributed by atoms with Crippen LogP contribution in [0.15, 0.2) is 48.9 Å². The predicted octanol–water partition coefficient (Wildman–Crippen LogP) is 5.29. The standard InChI is InChI=1S/C23H21F4N7O2/c1-3-33-19-8-20(28-2)30-9-13(19)12-34(22(33)36)16-4-5-17(24)18(7-16)32-21(35)31-15-6-14(10-29-11-15)23(25,26)27/h4-11H,3,12H2,1-2H3,(H,28,30)(H2,31,32,35). The second-order valence-electron chi connectivity index (χ2n) is 7.76. The molecule has 3 heterocycles. The van der Waals surface area contributed by atoms with E-state index in [-0.39, 0.29) is 24.0 Å². The SMILES string of the molecule is CCN1C(=O)N(c2ccc(F)c(NC(=O)Nc3cncc(C(F)(F)F)c3)c2)Cc2cnc(NC)cc21. The Labute approximate surface area is 203 Å². The third-order valence-electron chi connectivity index (χ3n) is 5.45. The van der Waals surface area contributed by atoms with Gasteiger partial charge < -0.3 is 16.0 Å². The Morgan fingerprint density at radius 1 is 1.11 bits per heavy atom. The molecule has 2 aromatic heterocycles. The largest absolute Gasteiger partial charge is 0.417 e. The fraction of sp³-hybridized carbons (Fsp3) is 0.217. The highest BCUT2D eigenvalue weighted by Crippen LogP contribution is 2.34. The van der Waals surface area contributed by atoms with Crippen molar-refractivity contribution in [2.45, 2.75) is 19.6 Å². The van der Waals surface area contributed by atoms with Gasteiger partial charge in [-0.2, -0.15) is 13.2 Å². The van der Waals surface area contributed by atoms with Gasteiger partial charge in [0.05, 0.1) is 35.4 Å². The van der Waals surface area contributed by atoms with Crippen molar-refractivity contribution in [2.75, 3.05) is 39.3 Å². The fourth-order valence-electron chi connectivity index (χ4n) is 3.70. The van der Waals surface area contributed by atoms with Crippen LogP contribution in [0.25, 0.3) is 0 Å². The summed E-state index contributed by atoms with van der Waals surface area (Å²) in [5.74, 6) is -0.197. The first-order chi connectivity index (χ1) is 17.1. The summed E-state index contributed by atoms with van der Waals surface area (Å²) in [5.41, 5.74) is 0.231. The molecule has 0 radical (unpaired) electrons. The molecule has 0 atom stereocenters. The molecule has 3 N–H and O–H groups in total. The van der Waals surface area contributed by atoms with Gasteiger partial charge in [0.25, 0.3) is 0 Å². The minimum atomic E-state index is -4.64. The van der Waals surface area contributed by atoms with E-state index < -0.39 is 23.6 Å². The molecule has 0 aliphatic carbocycles. The van der Waals surface area contributed by atoms with Crippen molar-refractivity contribution in [1.82, 2.24) is 9.97 Å². The number of aromatic nitrogens is 2. The normalized spacial score (nSPS) is 13.3. The van der Waals surface area contributed by atoms with Gasteiger partial charge >= 0.3 is 18.2 Å². The molecule has 0 fully saturated rings. The number of hydrogen-bond acceptors (Lipinski definition) is 5. The third-order valence-corrected chi connectivity index (χ3v) is 5.45. The second kappa shape index (κ2) is 9.68. The highest BCUT2D eigenvalue weighted by atomic mass is 19.4. The summed E-state index contributed by atoms with van der Waals surface area (Å²) in [6, 6.07) is 4.87. The van der Waals surface area contributed by atoms with E-state index in [0.717, 1.165) is 17.8 Å². The van der Waals surface area contributed by atoms with Crippen LogP contribution in [0.2, 0.25) is 0 Å². The number of benzene rings is 1. The first-order valence-corrected chi connectivity index (χ1v) is 10.8. The van der Waals surface area contributed by atoms with E-state index in [1.165, 1.54) is 17.0 Å². The van der Waals surface area contributed by atoms with Crippen LogP contribution < -0.4 is 25.8 Å². The molecule has 0 saturated carbocycles. The van der Waals surface area contributed by atoms with Crippen LogP contribution in [-0.4, -0.2) is 35.6 Å². The number of halogens is 4. The maximum absolute atomic E-state index is 14.5. The molecule has 3 aromatic rings. The zero-order valence-electron chi connectivity index (χ0n) is 19.2. The molecule has 0 unspecified atom stereocenters. The lowest BCUT2D eigenvalue weighted by molar-refractivity contribution is -0.137. The summed E-state index contributed by atoms with van der Waals surface area (Å²) >= 11 is 0. The molecule has 1 aliphatic rings. The Balaban J connectivity index is 1.56. The van der Waals surface area contributed by atoms with Crippen LogP contribution in [-0.2, 0) is 12.7 Å². The van der Waals surface area contributed by atoms with Crippen molar-refractivity contribution in [1.29, 1.82) is 0 Å². The first-order valence-electron chi connectivity index (χ1n) is 10.8. The number of fused-ring (bicyclic) bond motifs is 1. The van der Waals surface area contributed by atoms with Gasteiger partial charge in [-0.3, -0.25) is 14.8 Å². The minimum Gasteiger partial charge on any atom is -0.373 e. The lowest BCUT2D eigenvalue weighted by Crippen LogP contribution is -2.47. The molecule has 1 aromatic carbocycles. The summed E-state index contributed by atoms with van der Waals surface area (Å²) in [7, 11) is 1.72. The van der Waals surface area contributed by atoms with Crippen molar-refractivity contribution >= 4 is 40.6 Å². The Hall–Kier alpha value is -4.42. The van der Waals surface area contributed by atoms with Crippen molar-refractivity contribution in [3.8, 4) is 0 Å². The summed E-state index contributed by atoms with van der Waals surface area (Å²) in [4.78, 5) is 36.3. The molecule has 0 bridgehead atoms.